The van der Waals surface area contributed by atoms with E-state index in [2.05, 4.69) is 0 Å². The molecule has 90 valence electrons. The molecule has 0 atom stereocenters. The normalized spacial score (nSPS) is 10.2. The van der Waals surface area contributed by atoms with Gasteiger partial charge in [-0.15, -0.1) is 0 Å². The highest BCUT2D eigenvalue weighted by atomic mass is 16.5. The molecule has 0 aromatic rings. The topological polar surface area (TPSA) is 55.8 Å². The molecule has 0 aromatic heterocycles. The predicted octanol–water partition coefficient (Wildman–Crippen LogP) is 0.00140. The number of esters is 2. The Morgan fingerprint density at radius 3 is 1.81 bits per heavy atom. The van der Waals surface area contributed by atoms with Crippen LogP contribution < -0.4 is 0 Å². The number of carbonyl (C=O) groups is 2. The molecule has 0 aliphatic heterocycles. The molecule has 6 heteroatoms. The van der Waals surface area contributed by atoms with E-state index in [1.807, 2.05) is 0 Å². The zero-order valence-electron chi connectivity index (χ0n) is 9.90. The monoisotopic (exact) mass is 227 g/mol. The van der Waals surface area contributed by atoms with Crippen LogP contribution in [0.3, 0.4) is 0 Å². The second-order valence-corrected chi connectivity index (χ2v) is 3.11. The van der Waals surface area contributed by atoms with E-state index >= 15 is 0 Å². The fourth-order valence-electron chi connectivity index (χ4n) is 1.18. The zero-order chi connectivity index (χ0) is 12.4. The molecule has 0 amide bonds. The second kappa shape index (κ2) is 9.21. The van der Waals surface area contributed by atoms with Crippen molar-refractivity contribution in [3.05, 3.63) is 0 Å². The van der Waals surface area contributed by atoms with Crippen molar-refractivity contribution in [2.75, 3.05) is 32.8 Å². The van der Waals surface area contributed by atoms with Crippen molar-refractivity contribution in [2.45, 2.75) is 20.2 Å². The molecule has 0 aliphatic rings. The van der Waals surface area contributed by atoms with Crippen LogP contribution in [0.1, 0.15) is 13.8 Å². The Kier molecular flexibility index (Phi) is 8.61. The van der Waals surface area contributed by atoms with Crippen molar-refractivity contribution in [1.29, 1.82) is 0 Å². The lowest BCUT2D eigenvalue weighted by atomic mass is 10.1. The summed E-state index contributed by atoms with van der Waals surface area (Å²) in [5, 5.41) is 0. The van der Waals surface area contributed by atoms with Crippen molar-refractivity contribution < 1.29 is 19.1 Å². The lowest BCUT2D eigenvalue weighted by Gasteiger charge is -2.19. The molecule has 0 saturated carbocycles. The lowest BCUT2D eigenvalue weighted by molar-refractivity contribution is -0.148. The van der Waals surface area contributed by atoms with Crippen LogP contribution in [0.4, 0.5) is 0 Å². The molecule has 0 fully saturated rings. The molecule has 16 heavy (non-hydrogen) atoms. The van der Waals surface area contributed by atoms with Gasteiger partial charge in [0.05, 0.1) is 34.1 Å². The minimum absolute atomic E-state index is 0.0594. The predicted molar refractivity (Wildman–Crippen MR) is 60.3 cm³/mol. The Morgan fingerprint density at radius 2 is 1.50 bits per heavy atom. The molecule has 0 rings (SSSR count). The highest BCUT2D eigenvalue weighted by Crippen LogP contribution is 1.94. The van der Waals surface area contributed by atoms with Gasteiger partial charge in [0.15, 0.2) is 0 Å². The fourth-order valence-corrected chi connectivity index (χ4v) is 1.18. The van der Waals surface area contributed by atoms with E-state index in [0.29, 0.717) is 26.1 Å². The van der Waals surface area contributed by atoms with Crippen molar-refractivity contribution in [3.8, 4) is 0 Å². The van der Waals surface area contributed by atoms with Gasteiger partial charge in [0.1, 0.15) is 0 Å². The van der Waals surface area contributed by atoms with E-state index in [4.69, 9.17) is 17.3 Å². The van der Waals surface area contributed by atoms with Gasteiger partial charge in [-0.05, 0) is 20.4 Å². The van der Waals surface area contributed by atoms with E-state index in [-0.39, 0.29) is 25.0 Å². The molecule has 5 nitrogen and oxygen atoms in total. The highest BCUT2D eigenvalue weighted by Gasteiger charge is 2.14. The van der Waals surface area contributed by atoms with Gasteiger partial charge in [0.2, 0.25) is 0 Å². The van der Waals surface area contributed by atoms with Gasteiger partial charge in [0, 0.05) is 0 Å². The highest BCUT2D eigenvalue weighted by molar-refractivity contribution is 6.08. The third kappa shape index (κ3) is 7.28. The Hall–Kier alpha value is -1.04. The largest absolute Gasteiger partial charge is 0.465 e. The lowest BCUT2D eigenvalue weighted by Crippen LogP contribution is -2.36. The van der Waals surface area contributed by atoms with Gasteiger partial charge in [-0.3, -0.25) is 14.5 Å². The van der Waals surface area contributed by atoms with Gasteiger partial charge < -0.3 is 9.47 Å². The van der Waals surface area contributed by atoms with E-state index in [9.17, 15) is 9.59 Å². The quantitative estimate of drug-likeness (QED) is 0.431. The first kappa shape index (κ1) is 15.0. The van der Waals surface area contributed by atoms with Gasteiger partial charge >= 0.3 is 11.9 Å². The van der Waals surface area contributed by atoms with Crippen molar-refractivity contribution in [1.82, 2.24) is 4.90 Å². The molecular formula is C10H18BNO4. The van der Waals surface area contributed by atoms with E-state index in [1.54, 1.807) is 18.7 Å². The molecule has 0 aliphatic carbocycles. The van der Waals surface area contributed by atoms with Gasteiger partial charge in [-0.25, -0.2) is 0 Å². The first-order valence-corrected chi connectivity index (χ1v) is 5.37. The minimum Gasteiger partial charge on any atom is -0.465 e. The van der Waals surface area contributed by atoms with Crippen molar-refractivity contribution in [3.63, 3.8) is 0 Å². The first-order valence-electron chi connectivity index (χ1n) is 5.37. The SMILES string of the molecule is [B]CCN(CC(=O)OCC)CC(=O)OCC. The van der Waals surface area contributed by atoms with Crippen LogP contribution in [-0.4, -0.2) is 57.5 Å². The Labute approximate surface area is 97.5 Å². The van der Waals surface area contributed by atoms with Crippen LogP contribution in [-0.2, 0) is 19.1 Å². The third-order valence-corrected chi connectivity index (χ3v) is 1.76. The van der Waals surface area contributed by atoms with E-state index in [0.717, 1.165) is 0 Å². The van der Waals surface area contributed by atoms with Gasteiger partial charge in [0.25, 0.3) is 0 Å². The molecule has 0 aromatic carbocycles. The van der Waals surface area contributed by atoms with Gasteiger partial charge in [-0.1, -0.05) is 6.32 Å². The third-order valence-electron chi connectivity index (χ3n) is 1.76. The summed E-state index contributed by atoms with van der Waals surface area (Å²) in [6.45, 7) is 4.70. The summed E-state index contributed by atoms with van der Waals surface area (Å²) in [4.78, 5) is 24.0. The Morgan fingerprint density at radius 1 is 1.06 bits per heavy atom. The van der Waals surface area contributed by atoms with Gasteiger partial charge in [-0.2, -0.15) is 0 Å². The van der Waals surface area contributed by atoms with E-state index in [1.165, 1.54) is 0 Å². The maximum absolute atomic E-state index is 11.2. The molecule has 0 saturated heterocycles. The molecule has 0 bridgehead atoms. The molecular weight excluding hydrogens is 209 g/mol. The number of hydrogen-bond donors (Lipinski definition) is 0. The number of rotatable bonds is 8. The Bertz CT molecular complexity index is 203. The van der Waals surface area contributed by atoms with Crippen LogP contribution in [0.2, 0.25) is 6.32 Å². The molecule has 2 radical (unpaired) electrons. The average molecular weight is 227 g/mol. The van der Waals surface area contributed by atoms with Crippen LogP contribution >= 0.6 is 0 Å². The molecule has 0 N–H and O–H groups in total. The maximum atomic E-state index is 11.2. The average Bonchev–Trinajstić information content (AvgIpc) is 2.18. The summed E-state index contributed by atoms with van der Waals surface area (Å²) in [7, 11) is 5.38. The number of ether oxygens (including phenoxy) is 2. The number of hydrogen-bond acceptors (Lipinski definition) is 5. The molecule has 0 heterocycles. The standard InChI is InChI=1S/C10H18BNO4/c1-3-15-9(13)7-12(6-5-11)8-10(14)16-4-2/h3-8H2,1-2H3. The zero-order valence-corrected chi connectivity index (χ0v) is 9.90. The first-order chi connectivity index (χ1) is 7.63. The van der Waals surface area contributed by atoms with Crippen LogP contribution in [0.15, 0.2) is 0 Å². The number of carbonyl (C=O) groups excluding carboxylic acids is 2. The minimum atomic E-state index is -0.361. The van der Waals surface area contributed by atoms with E-state index < -0.39 is 0 Å². The summed E-state index contributed by atoms with van der Waals surface area (Å²) in [5.74, 6) is -0.722. The fraction of sp³-hybridized carbons (Fsp3) is 0.800. The van der Waals surface area contributed by atoms with Crippen LogP contribution in [0, 0.1) is 0 Å². The molecule has 0 spiro atoms. The molecule has 0 unspecified atom stereocenters. The van der Waals surface area contributed by atoms with Crippen LogP contribution in [0.5, 0.6) is 0 Å². The number of nitrogens with zero attached hydrogens (tertiary/aromatic N) is 1. The maximum Gasteiger partial charge on any atom is 0.320 e. The summed E-state index contributed by atoms with van der Waals surface area (Å²) < 4.78 is 9.57. The smallest absolute Gasteiger partial charge is 0.320 e. The summed E-state index contributed by atoms with van der Waals surface area (Å²) in [6, 6.07) is 0. The summed E-state index contributed by atoms with van der Waals surface area (Å²) >= 11 is 0. The summed E-state index contributed by atoms with van der Waals surface area (Å²) in [6.07, 6.45) is 0.374. The van der Waals surface area contributed by atoms with Crippen LogP contribution in [0.25, 0.3) is 0 Å². The Balaban J connectivity index is 4.05. The van der Waals surface area contributed by atoms with Crippen molar-refractivity contribution in [2.24, 2.45) is 0 Å². The van der Waals surface area contributed by atoms with Crippen molar-refractivity contribution >= 4 is 19.8 Å². The second-order valence-electron chi connectivity index (χ2n) is 3.11. The summed E-state index contributed by atoms with van der Waals surface area (Å²) in [5.41, 5.74) is 0.